The van der Waals surface area contributed by atoms with Crippen molar-refractivity contribution in [2.75, 3.05) is 31.5 Å². The largest absolute Gasteiger partial charge is 0.480 e. The van der Waals surface area contributed by atoms with E-state index in [1.54, 1.807) is 13.2 Å². The lowest BCUT2D eigenvalue weighted by Gasteiger charge is -2.20. The molecule has 172 valence electrons. The number of pyridine rings is 1. The Balaban J connectivity index is 1.21. The highest BCUT2D eigenvalue weighted by Crippen LogP contribution is 2.24. The summed E-state index contributed by atoms with van der Waals surface area (Å²) < 4.78 is 1.52. The van der Waals surface area contributed by atoms with E-state index in [0.717, 1.165) is 56.8 Å². The molecule has 2 atom stereocenters. The quantitative estimate of drug-likeness (QED) is 0.544. The number of aromatic nitrogens is 3. The van der Waals surface area contributed by atoms with Crippen molar-refractivity contribution in [3.63, 3.8) is 0 Å². The Morgan fingerprint density at radius 1 is 1.38 bits per heavy atom. The molecule has 0 bridgehead atoms. The summed E-state index contributed by atoms with van der Waals surface area (Å²) >= 11 is 0. The lowest BCUT2D eigenvalue weighted by molar-refractivity contribution is -0.139. The van der Waals surface area contributed by atoms with Crippen LogP contribution >= 0.6 is 0 Å². The maximum atomic E-state index is 12.3. The van der Waals surface area contributed by atoms with Gasteiger partial charge in [0.15, 0.2) is 0 Å². The van der Waals surface area contributed by atoms with Crippen LogP contribution in [0.15, 0.2) is 24.5 Å². The standard InChI is InChI=1S/C23H32N6O3/c1-28-15-18(13-25-28)22(30)27-20(23(31)32)9-12-29-11-8-16(14-29)4-6-19-7-5-17-3-2-10-24-21(17)26-19/h5,7,13,15-16,20H,2-4,6,8-12,14H2,1H3,(H,24,26)(H,27,30)(H,31,32)/t16-,20?/m1/s1. The zero-order valence-corrected chi connectivity index (χ0v) is 18.6. The number of aryl methyl sites for hydroxylation is 3. The summed E-state index contributed by atoms with van der Waals surface area (Å²) in [5, 5.41) is 19.5. The van der Waals surface area contributed by atoms with Crippen molar-refractivity contribution in [3.05, 3.63) is 41.3 Å². The summed E-state index contributed by atoms with van der Waals surface area (Å²) in [6, 6.07) is 3.45. The first-order valence-corrected chi connectivity index (χ1v) is 11.5. The second-order valence-electron chi connectivity index (χ2n) is 8.89. The Morgan fingerprint density at radius 3 is 3.03 bits per heavy atom. The monoisotopic (exact) mass is 440 g/mol. The average Bonchev–Trinajstić information content (AvgIpc) is 3.43. The second-order valence-corrected chi connectivity index (χ2v) is 8.89. The van der Waals surface area contributed by atoms with E-state index in [0.29, 0.717) is 24.4 Å². The molecule has 4 rings (SSSR count). The topological polar surface area (TPSA) is 112 Å². The van der Waals surface area contributed by atoms with Crippen molar-refractivity contribution >= 4 is 17.7 Å². The molecule has 0 spiro atoms. The van der Waals surface area contributed by atoms with Gasteiger partial charge >= 0.3 is 5.97 Å². The van der Waals surface area contributed by atoms with Crippen molar-refractivity contribution in [1.29, 1.82) is 0 Å². The summed E-state index contributed by atoms with van der Waals surface area (Å²) in [5.41, 5.74) is 2.82. The predicted molar refractivity (Wildman–Crippen MR) is 121 cm³/mol. The predicted octanol–water partition coefficient (Wildman–Crippen LogP) is 1.70. The van der Waals surface area contributed by atoms with Crippen molar-refractivity contribution in [1.82, 2.24) is 25.0 Å². The first-order valence-electron chi connectivity index (χ1n) is 11.5. The van der Waals surface area contributed by atoms with Gasteiger partial charge in [0, 0.05) is 38.6 Å². The van der Waals surface area contributed by atoms with E-state index in [4.69, 9.17) is 4.98 Å². The van der Waals surface area contributed by atoms with E-state index in [9.17, 15) is 14.7 Å². The van der Waals surface area contributed by atoms with Gasteiger partial charge in [0.05, 0.1) is 11.8 Å². The SMILES string of the molecule is Cn1cc(C(=O)NC(CCN2CC[C@@H](CCc3ccc4c(n3)NCCC4)C2)C(=O)O)cn1. The Hall–Kier alpha value is -2.94. The number of anilines is 1. The van der Waals surface area contributed by atoms with Crippen LogP contribution in [0, 0.1) is 5.92 Å². The molecule has 9 nitrogen and oxygen atoms in total. The number of carbonyl (C=O) groups is 2. The Kier molecular flexibility index (Phi) is 7.04. The van der Waals surface area contributed by atoms with Crippen LogP contribution in [0.1, 0.15) is 47.3 Å². The molecule has 1 unspecified atom stereocenters. The number of hydrogen-bond acceptors (Lipinski definition) is 6. The minimum absolute atomic E-state index is 0.367. The molecule has 1 fully saturated rings. The minimum Gasteiger partial charge on any atom is -0.480 e. The van der Waals surface area contributed by atoms with Gasteiger partial charge in [0.1, 0.15) is 11.9 Å². The van der Waals surface area contributed by atoms with Crippen LogP contribution in [0.4, 0.5) is 5.82 Å². The molecule has 0 radical (unpaired) electrons. The molecule has 9 heteroatoms. The summed E-state index contributed by atoms with van der Waals surface area (Å²) in [7, 11) is 1.72. The molecular formula is C23H32N6O3. The van der Waals surface area contributed by atoms with E-state index in [1.165, 1.54) is 22.9 Å². The Bertz CT molecular complexity index is 959. The van der Waals surface area contributed by atoms with Gasteiger partial charge in [-0.1, -0.05) is 6.07 Å². The molecule has 1 amide bonds. The molecule has 0 aliphatic carbocycles. The fourth-order valence-electron chi connectivity index (χ4n) is 4.56. The third kappa shape index (κ3) is 5.64. The fourth-order valence-corrected chi connectivity index (χ4v) is 4.56. The van der Waals surface area contributed by atoms with Crippen LogP contribution in [0.5, 0.6) is 0 Å². The minimum atomic E-state index is -1.01. The molecule has 2 aliphatic rings. The van der Waals surface area contributed by atoms with Gasteiger partial charge < -0.3 is 20.6 Å². The van der Waals surface area contributed by atoms with Crippen molar-refractivity contribution in [2.24, 2.45) is 13.0 Å². The lowest BCUT2D eigenvalue weighted by atomic mass is 10.00. The van der Waals surface area contributed by atoms with Gasteiger partial charge in [0.25, 0.3) is 5.91 Å². The van der Waals surface area contributed by atoms with Crippen molar-refractivity contribution in [2.45, 2.75) is 44.6 Å². The van der Waals surface area contributed by atoms with E-state index in [2.05, 4.69) is 32.8 Å². The number of amides is 1. The molecule has 0 aromatic carbocycles. The van der Waals surface area contributed by atoms with Crippen LogP contribution in [0.2, 0.25) is 0 Å². The normalized spacial score (nSPS) is 19.2. The van der Waals surface area contributed by atoms with E-state index in [-0.39, 0.29) is 0 Å². The Labute approximate surface area is 188 Å². The maximum absolute atomic E-state index is 12.3. The molecule has 0 saturated carbocycles. The van der Waals surface area contributed by atoms with Crippen LogP contribution in [-0.4, -0.2) is 68.9 Å². The molecule has 32 heavy (non-hydrogen) atoms. The molecule has 4 heterocycles. The molecule has 1 saturated heterocycles. The molecule has 3 N–H and O–H groups in total. The fraction of sp³-hybridized carbons (Fsp3) is 0.565. The molecule has 2 aliphatic heterocycles. The number of nitrogens with one attached hydrogen (secondary N) is 2. The number of fused-ring (bicyclic) bond motifs is 1. The van der Waals surface area contributed by atoms with Gasteiger partial charge in [-0.2, -0.15) is 5.10 Å². The van der Waals surface area contributed by atoms with Crippen molar-refractivity contribution < 1.29 is 14.7 Å². The van der Waals surface area contributed by atoms with Gasteiger partial charge in [-0.3, -0.25) is 9.48 Å². The molecule has 2 aromatic heterocycles. The van der Waals surface area contributed by atoms with Gasteiger partial charge in [0.2, 0.25) is 0 Å². The smallest absolute Gasteiger partial charge is 0.326 e. The highest BCUT2D eigenvalue weighted by atomic mass is 16.4. The second kappa shape index (κ2) is 10.1. The number of hydrogen-bond donors (Lipinski definition) is 3. The van der Waals surface area contributed by atoms with Gasteiger partial charge in [-0.05, 0) is 62.6 Å². The third-order valence-electron chi connectivity index (χ3n) is 6.44. The zero-order valence-electron chi connectivity index (χ0n) is 18.6. The van der Waals surface area contributed by atoms with Crippen molar-refractivity contribution in [3.8, 4) is 0 Å². The van der Waals surface area contributed by atoms with Crippen LogP contribution < -0.4 is 10.6 Å². The zero-order chi connectivity index (χ0) is 22.5. The number of aliphatic carboxylic acids is 1. The van der Waals surface area contributed by atoms with Crippen LogP contribution in [-0.2, 0) is 24.7 Å². The number of carboxylic acid groups (broad SMARTS) is 1. The number of likely N-dealkylation sites (tertiary alicyclic amines) is 1. The number of carboxylic acids is 1. The number of rotatable bonds is 9. The first kappa shape index (κ1) is 22.3. The highest BCUT2D eigenvalue weighted by molar-refractivity contribution is 5.96. The van der Waals surface area contributed by atoms with E-state index in [1.807, 2.05) is 0 Å². The lowest BCUT2D eigenvalue weighted by Crippen LogP contribution is -2.42. The summed E-state index contributed by atoms with van der Waals surface area (Å²) in [4.78, 5) is 31.0. The third-order valence-corrected chi connectivity index (χ3v) is 6.44. The van der Waals surface area contributed by atoms with E-state index >= 15 is 0 Å². The summed E-state index contributed by atoms with van der Waals surface area (Å²) in [5.74, 6) is 0.228. The van der Waals surface area contributed by atoms with Gasteiger partial charge in [-0.15, -0.1) is 0 Å². The average molecular weight is 441 g/mol. The maximum Gasteiger partial charge on any atom is 0.326 e. The molecule has 2 aromatic rings. The van der Waals surface area contributed by atoms with Crippen LogP contribution in [0.25, 0.3) is 0 Å². The van der Waals surface area contributed by atoms with Gasteiger partial charge in [-0.25, -0.2) is 9.78 Å². The van der Waals surface area contributed by atoms with E-state index < -0.39 is 17.9 Å². The number of nitrogens with zero attached hydrogens (tertiary/aromatic N) is 4. The summed E-state index contributed by atoms with van der Waals surface area (Å²) in [6.07, 6.45) is 8.83. The number of carbonyl (C=O) groups excluding carboxylic acids is 1. The summed E-state index contributed by atoms with van der Waals surface area (Å²) in [6.45, 7) is 3.58. The first-order chi connectivity index (χ1) is 15.5. The van der Waals surface area contributed by atoms with Crippen LogP contribution in [0.3, 0.4) is 0 Å². The molecular weight excluding hydrogens is 408 g/mol. The Morgan fingerprint density at radius 2 is 2.25 bits per heavy atom. The highest BCUT2D eigenvalue weighted by Gasteiger charge is 2.26.